The van der Waals surface area contributed by atoms with Crippen LogP contribution in [0, 0.1) is 0 Å². The van der Waals surface area contributed by atoms with Gasteiger partial charge >= 0.3 is 0 Å². The molecule has 0 fully saturated rings. The average molecular weight is 264 g/mol. The lowest BCUT2D eigenvalue weighted by Crippen LogP contribution is -2.20. The summed E-state index contributed by atoms with van der Waals surface area (Å²) in [5.41, 5.74) is -0.141. The van der Waals surface area contributed by atoms with Crippen LogP contribution in [0.15, 0.2) is 34.0 Å². The van der Waals surface area contributed by atoms with Crippen molar-refractivity contribution in [3.8, 4) is 0 Å². The molecule has 94 valence electrons. The van der Waals surface area contributed by atoms with Crippen molar-refractivity contribution < 1.29 is 8.42 Å². The standard InChI is InChI=1S/C12H12N2O3S/c1-18(16,17)10-8-4-2-3-5-9(8)12(15)14-7-6-13-11(10)14/h2-5,13H,6-7H2,1H3. The van der Waals surface area contributed by atoms with Crippen LogP contribution in [0.4, 0.5) is 5.82 Å². The van der Waals surface area contributed by atoms with Crippen LogP contribution in [0.25, 0.3) is 10.8 Å². The molecule has 0 amide bonds. The van der Waals surface area contributed by atoms with E-state index >= 15 is 0 Å². The smallest absolute Gasteiger partial charge is 0.260 e. The number of hydrogen-bond donors (Lipinski definition) is 1. The van der Waals surface area contributed by atoms with Gasteiger partial charge < -0.3 is 5.32 Å². The topological polar surface area (TPSA) is 68.2 Å². The second-order valence-corrected chi connectivity index (χ2v) is 6.33. The molecule has 1 aliphatic rings. The minimum absolute atomic E-state index is 0.141. The number of fused-ring (bicyclic) bond motifs is 2. The molecule has 0 spiro atoms. The van der Waals surface area contributed by atoms with Crippen molar-refractivity contribution in [2.75, 3.05) is 18.1 Å². The molecule has 1 N–H and O–H groups in total. The van der Waals surface area contributed by atoms with Crippen molar-refractivity contribution in [1.29, 1.82) is 0 Å². The molecule has 0 bridgehead atoms. The zero-order valence-corrected chi connectivity index (χ0v) is 10.6. The van der Waals surface area contributed by atoms with Crippen LogP contribution in [-0.4, -0.2) is 25.8 Å². The highest BCUT2D eigenvalue weighted by molar-refractivity contribution is 7.91. The van der Waals surface area contributed by atoms with E-state index in [2.05, 4.69) is 5.32 Å². The van der Waals surface area contributed by atoms with E-state index in [9.17, 15) is 13.2 Å². The summed E-state index contributed by atoms with van der Waals surface area (Å²) in [6.45, 7) is 1.08. The van der Waals surface area contributed by atoms with Gasteiger partial charge in [0.2, 0.25) is 0 Å². The molecule has 2 aromatic rings. The highest BCUT2D eigenvalue weighted by atomic mass is 32.2. The fourth-order valence-electron chi connectivity index (χ4n) is 2.42. The second-order valence-electron chi connectivity index (χ2n) is 4.38. The van der Waals surface area contributed by atoms with E-state index < -0.39 is 9.84 Å². The molecule has 0 saturated heterocycles. The van der Waals surface area contributed by atoms with Crippen molar-refractivity contribution in [3.05, 3.63) is 34.6 Å². The van der Waals surface area contributed by atoms with Crippen LogP contribution >= 0.6 is 0 Å². The zero-order valence-electron chi connectivity index (χ0n) is 9.80. The lowest BCUT2D eigenvalue weighted by atomic mass is 10.1. The number of nitrogens with zero attached hydrogens (tertiary/aromatic N) is 1. The number of benzene rings is 1. The maximum Gasteiger partial charge on any atom is 0.260 e. The first-order chi connectivity index (χ1) is 8.50. The van der Waals surface area contributed by atoms with E-state index in [0.717, 1.165) is 0 Å². The Morgan fingerprint density at radius 3 is 2.56 bits per heavy atom. The molecule has 2 heterocycles. The van der Waals surface area contributed by atoms with Crippen molar-refractivity contribution in [3.63, 3.8) is 0 Å². The first kappa shape index (κ1) is 11.3. The molecule has 0 saturated carbocycles. The zero-order chi connectivity index (χ0) is 12.9. The Kier molecular flexibility index (Phi) is 2.25. The molecule has 1 aromatic heterocycles. The molecule has 0 atom stereocenters. The van der Waals surface area contributed by atoms with Crippen LogP contribution in [0.5, 0.6) is 0 Å². The lowest BCUT2D eigenvalue weighted by molar-refractivity contribution is 0.602. The quantitative estimate of drug-likeness (QED) is 0.828. The summed E-state index contributed by atoms with van der Waals surface area (Å²) < 4.78 is 25.4. The van der Waals surface area contributed by atoms with Gasteiger partial charge in [-0.1, -0.05) is 18.2 Å². The van der Waals surface area contributed by atoms with Gasteiger partial charge in [-0.2, -0.15) is 0 Å². The molecule has 0 unspecified atom stereocenters. The van der Waals surface area contributed by atoms with E-state index in [1.807, 2.05) is 0 Å². The van der Waals surface area contributed by atoms with Gasteiger partial charge in [0, 0.05) is 30.1 Å². The summed E-state index contributed by atoms with van der Waals surface area (Å²) >= 11 is 0. The minimum atomic E-state index is -3.39. The molecule has 0 radical (unpaired) electrons. The number of aromatic nitrogens is 1. The predicted molar refractivity (Wildman–Crippen MR) is 69.8 cm³/mol. The Labute approximate surface area is 104 Å². The third-order valence-corrected chi connectivity index (χ3v) is 4.29. The van der Waals surface area contributed by atoms with E-state index in [-0.39, 0.29) is 10.5 Å². The normalized spacial score (nSPS) is 14.5. The maximum atomic E-state index is 12.2. The van der Waals surface area contributed by atoms with E-state index in [1.54, 1.807) is 24.3 Å². The first-order valence-corrected chi connectivity index (χ1v) is 7.49. The number of sulfone groups is 1. The third-order valence-electron chi connectivity index (χ3n) is 3.13. The largest absolute Gasteiger partial charge is 0.368 e. The summed E-state index contributed by atoms with van der Waals surface area (Å²) in [5.74, 6) is 0.418. The minimum Gasteiger partial charge on any atom is -0.368 e. The van der Waals surface area contributed by atoms with Gasteiger partial charge in [-0.25, -0.2) is 8.42 Å². The van der Waals surface area contributed by atoms with Crippen LogP contribution in [0.3, 0.4) is 0 Å². The second kappa shape index (κ2) is 3.58. The van der Waals surface area contributed by atoms with Gasteiger partial charge in [-0.3, -0.25) is 9.36 Å². The fourth-order valence-corrected chi connectivity index (χ4v) is 3.53. The summed E-state index contributed by atoms with van der Waals surface area (Å²) in [5, 5.41) is 3.93. The summed E-state index contributed by atoms with van der Waals surface area (Å²) in [6.07, 6.45) is 1.17. The fraction of sp³-hybridized carbons (Fsp3) is 0.250. The van der Waals surface area contributed by atoms with Gasteiger partial charge in [0.15, 0.2) is 9.84 Å². The molecule has 1 aliphatic heterocycles. The van der Waals surface area contributed by atoms with Gasteiger partial charge in [0.1, 0.15) is 10.7 Å². The molecule has 18 heavy (non-hydrogen) atoms. The Hall–Kier alpha value is -1.82. The summed E-state index contributed by atoms with van der Waals surface area (Å²) in [4.78, 5) is 12.4. The average Bonchev–Trinajstić information content (AvgIpc) is 2.76. The summed E-state index contributed by atoms with van der Waals surface area (Å²) in [7, 11) is -3.39. The van der Waals surface area contributed by atoms with E-state index in [1.165, 1.54) is 10.8 Å². The molecular weight excluding hydrogens is 252 g/mol. The monoisotopic (exact) mass is 264 g/mol. The SMILES string of the molecule is CS(=O)(=O)c1c2n(c(=O)c3ccccc13)CCN2. The molecular formula is C12H12N2O3S. The number of rotatable bonds is 1. The number of nitrogens with one attached hydrogen (secondary N) is 1. The summed E-state index contributed by atoms with van der Waals surface area (Å²) in [6, 6.07) is 6.82. The van der Waals surface area contributed by atoms with Crippen molar-refractivity contribution in [1.82, 2.24) is 4.57 Å². The predicted octanol–water partition coefficient (Wildman–Crippen LogP) is 0.831. The van der Waals surface area contributed by atoms with Crippen molar-refractivity contribution in [2.45, 2.75) is 11.4 Å². The van der Waals surface area contributed by atoms with Crippen LogP contribution in [-0.2, 0) is 16.4 Å². The molecule has 6 heteroatoms. The van der Waals surface area contributed by atoms with Crippen LogP contribution < -0.4 is 10.9 Å². The number of pyridine rings is 1. The highest BCUT2D eigenvalue weighted by Crippen LogP contribution is 2.30. The van der Waals surface area contributed by atoms with E-state index in [4.69, 9.17) is 0 Å². The molecule has 0 aliphatic carbocycles. The molecule has 5 nitrogen and oxygen atoms in total. The molecule has 1 aromatic carbocycles. The van der Waals surface area contributed by atoms with Crippen LogP contribution in [0.2, 0.25) is 0 Å². The Morgan fingerprint density at radius 1 is 1.22 bits per heavy atom. The maximum absolute atomic E-state index is 12.2. The van der Waals surface area contributed by atoms with Crippen LogP contribution in [0.1, 0.15) is 0 Å². The Balaban J connectivity index is 2.63. The molecule has 3 rings (SSSR count). The number of anilines is 1. The Morgan fingerprint density at radius 2 is 1.89 bits per heavy atom. The van der Waals surface area contributed by atoms with Gasteiger partial charge in [-0.05, 0) is 6.07 Å². The lowest BCUT2D eigenvalue weighted by Gasteiger charge is -2.11. The van der Waals surface area contributed by atoms with Gasteiger partial charge in [0.05, 0.1) is 0 Å². The number of hydrogen-bond acceptors (Lipinski definition) is 4. The van der Waals surface area contributed by atoms with Crippen molar-refractivity contribution >= 4 is 26.4 Å². The Bertz CT molecular complexity index is 806. The first-order valence-electron chi connectivity index (χ1n) is 5.59. The van der Waals surface area contributed by atoms with E-state index in [0.29, 0.717) is 29.7 Å². The third kappa shape index (κ3) is 1.45. The van der Waals surface area contributed by atoms with Gasteiger partial charge in [-0.15, -0.1) is 0 Å². The van der Waals surface area contributed by atoms with Gasteiger partial charge in [0.25, 0.3) is 5.56 Å². The highest BCUT2D eigenvalue weighted by Gasteiger charge is 2.25. The van der Waals surface area contributed by atoms with Crippen molar-refractivity contribution in [2.24, 2.45) is 0 Å².